The summed E-state index contributed by atoms with van der Waals surface area (Å²) in [6.45, 7) is 3.92. The Morgan fingerprint density at radius 1 is 1.28 bits per heavy atom. The van der Waals surface area contributed by atoms with Gasteiger partial charge in [0.05, 0.1) is 12.0 Å². The Bertz CT molecular complexity index is 678. The van der Waals surface area contributed by atoms with Gasteiger partial charge in [0.15, 0.2) is 0 Å². The van der Waals surface area contributed by atoms with E-state index in [1.54, 1.807) is 6.33 Å². The zero-order chi connectivity index (χ0) is 17.5. The molecule has 134 valence electrons. The first-order valence-electron chi connectivity index (χ1n) is 9.04. The molecule has 0 spiro atoms. The number of carbonyl (C=O) groups excluding carboxylic acids is 1. The molecule has 1 aliphatic rings. The van der Waals surface area contributed by atoms with Crippen molar-refractivity contribution < 1.29 is 9.53 Å². The predicted octanol–water partition coefficient (Wildman–Crippen LogP) is 3.25. The topological polar surface area (TPSA) is 69.0 Å². The largest absolute Gasteiger partial charge is 0.382 e. The Hall–Kier alpha value is -2.21. The maximum Gasteiger partial charge on any atom is 0.233 e. The highest BCUT2D eigenvalue weighted by Gasteiger charge is 2.41. The molecule has 1 saturated carbocycles. The first-order chi connectivity index (χ1) is 12.2. The molecule has 2 aromatic rings. The number of benzene rings is 1. The van der Waals surface area contributed by atoms with Crippen LogP contribution >= 0.6 is 0 Å². The van der Waals surface area contributed by atoms with Crippen molar-refractivity contribution in [3.8, 4) is 0 Å². The van der Waals surface area contributed by atoms with E-state index in [4.69, 9.17) is 4.74 Å². The van der Waals surface area contributed by atoms with Crippen molar-refractivity contribution in [2.45, 2.75) is 45.6 Å². The van der Waals surface area contributed by atoms with E-state index < -0.39 is 0 Å². The van der Waals surface area contributed by atoms with Crippen molar-refractivity contribution in [1.82, 2.24) is 14.8 Å². The molecule has 0 unspecified atom stereocenters. The fourth-order valence-electron chi connectivity index (χ4n) is 3.54. The van der Waals surface area contributed by atoms with E-state index in [9.17, 15) is 4.79 Å². The molecule has 1 aromatic carbocycles. The van der Waals surface area contributed by atoms with Crippen molar-refractivity contribution in [2.24, 2.45) is 5.41 Å². The van der Waals surface area contributed by atoms with Crippen LogP contribution in [-0.4, -0.2) is 33.9 Å². The molecule has 1 heterocycles. The molecule has 3 rings (SSSR count). The second-order valence-corrected chi connectivity index (χ2v) is 6.66. The third-order valence-electron chi connectivity index (χ3n) is 5.01. The van der Waals surface area contributed by atoms with Gasteiger partial charge in [0.1, 0.15) is 6.33 Å². The Kier molecular flexibility index (Phi) is 5.81. The van der Waals surface area contributed by atoms with Gasteiger partial charge in [-0.1, -0.05) is 43.2 Å². The average Bonchev–Trinajstić information content (AvgIpc) is 3.27. The number of hydrogen-bond acceptors (Lipinski definition) is 4. The number of amides is 1. The van der Waals surface area contributed by atoms with Crippen LogP contribution in [0.1, 0.15) is 44.6 Å². The molecule has 25 heavy (non-hydrogen) atoms. The molecule has 6 heteroatoms. The molecule has 0 bridgehead atoms. The Balaban J connectivity index is 1.69. The fourth-order valence-corrected chi connectivity index (χ4v) is 3.54. The predicted molar refractivity (Wildman–Crippen MR) is 96.2 cm³/mol. The Morgan fingerprint density at radius 2 is 2.04 bits per heavy atom. The van der Waals surface area contributed by atoms with Gasteiger partial charge in [-0.25, -0.2) is 0 Å². The molecule has 1 aromatic heterocycles. The van der Waals surface area contributed by atoms with Gasteiger partial charge in [-0.3, -0.25) is 14.7 Å². The normalized spacial score (nSPS) is 16.0. The molecule has 1 amide bonds. The van der Waals surface area contributed by atoms with Gasteiger partial charge in [-0.2, -0.15) is 0 Å². The first-order valence-corrected chi connectivity index (χ1v) is 9.04. The summed E-state index contributed by atoms with van der Waals surface area (Å²) in [6.07, 6.45) is 6.44. The van der Waals surface area contributed by atoms with Crippen LogP contribution < -0.4 is 5.32 Å². The van der Waals surface area contributed by atoms with E-state index in [0.29, 0.717) is 25.7 Å². The van der Waals surface area contributed by atoms with Crippen LogP contribution in [0.25, 0.3) is 0 Å². The third kappa shape index (κ3) is 4.25. The number of ether oxygens (including phenoxy) is 1. The van der Waals surface area contributed by atoms with Crippen LogP contribution in [0.3, 0.4) is 0 Å². The molecule has 0 aliphatic heterocycles. The zero-order valence-corrected chi connectivity index (χ0v) is 14.8. The molecular weight excluding hydrogens is 316 g/mol. The van der Waals surface area contributed by atoms with Gasteiger partial charge in [0.25, 0.3) is 0 Å². The number of nitrogens with zero attached hydrogens (tertiary/aromatic N) is 3. The van der Waals surface area contributed by atoms with E-state index in [0.717, 1.165) is 37.7 Å². The highest BCUT2D eigenvalue weighted by molar-refractivity contribution is 5.94. The van der Waals surface area contributed by atoms with E-state index in [1.165, 1.54) is 0 Å². The Morgan fingerprint density at radius 3 is 2.76 bits per heavy atom. The van der Waals surface area contributed by atoms with Crippen LogP contribution in [0.15, 0.2) is 36.7 Å². The number of anilines is 1. The highest BCUT2D eigenvalue weighted by Crippen LogP contribution is 2.42. The van der Waals surface area contributed by atoms with Crippen molar-refractivity contribution in [2.75, 3.05) is 18.5 Å². The lowest BCUT2D eigenvalue weighted by Gasteiger charge is -2.27. The lowest BCUT2D eigenvalue weighted by atomic mass is 9.82. The lowest BCUT2D eigenvalue weighted by molar-refractivity contribution is -0.126. The minimum absolute atomic E-state index is 0.0482. The summed E-state index contributed by atoms with van der Waals surface area (Å²) in [5.41, 5.74) is 0.809. The number of aromatic nitrogens is 3. The molecule has 1 N–H and O–H groups in total. The maximum atomic E-state index is 13.0. The van der Waals surface area contributed by atoms with Gasteiger partial charge < -0.3 is 4.74 Å². The molecule has 0 saturated heterocycles. The van der Waals surface area contributed by atoms with Crippen LogP contribution in [-0.2, 0) is 16.1 Å². The van der Waals surface area contributed by atoms with E-state index in [2.05, 4.69) is 15.5 Å². The van der Waals surface area contributed by atoms with Gasteiger partial charge in [0, 0.05) is 13.2 Å². The summed E-state index contributed by atoms with van der Waals surface area (Å²) >= 11 is 0. The zero-order valence-electron chi connectivity index (χ0n) is 14.8. The summed E-state index contributed by atoms with van der Waals surface area (Å²) in [6, 6.07) is 10.1. The summed E-state index contributed by atoms with van der Waals surface area (Å²) in [5, 5.41) is 11.1. The van der Waals surface area contributed by atoms with E-state index in [1.807, 2.05) is 41.8 Å². The summed E-state index contributed by atoms with van der Waals surface area (Å²) < 4.78 is 7.37. The van der Waals surface area contributed by atoms with Crippen molar-refractivity contribution in [1.29, 1.82) is 0 Å². The molecular formula is C19H26N4O2. The van der Waals surface area contributed by atoms with E-state index in [-0.39, 0.29) is 11.3 Å². The van der Waals surface area contributed by atoms with Crippen molar-refractivity contribution >= 4 is 11.9 Å². The molecule has 1 aliphatic carbocycles. The van der Waals surface area contributed by atoms with Crippen LogP contribution in [0.4, 0.5) is 5.95 Å². The average molecular weight is 342 g/mol. The summed E-state index contributed by atoms with van der Waals surface area (Å²) in [5.74, 6) is 0.559. The quantitative estimate of drug-likeness (QED) is 0.748. The molecule has 0 radical (unpaired) electrons. The summed E-state index contributed by atoms with van der Waals surface area (Å²) in [7, 11) is 0. The second kappa shape index (κ2) is 8.25. The number of carbonyl (C=O) groups is 1. The van der Waals surface area contributed by atoms with Crippen molar-refractivity contribution in [3.63, 3.8) is 0 Å². The lowest BCUT2D eigenvalue weighted by Crippen LogP contribution is -2.35. The van der Waals surface area contributed by atoms with Gasteiger partial charge in [-0.15, -0.1) is 10.2 Å². The van der Waals surface area contributed by atoms with Gasteiger partial charge >= 0.3 is 0 Å². The minimum atomic E-state index is -0.335. The highest BCUT2D eigenvalue weighted by atomic mass is 16.5. The second-order valence-electron chi connectivity index (χ2n) is 6.66. The fraction of sp³-hybridized carbons (Fsp3) is 0.526. The minimum Gasteiger partial charge on any atom is -0.382 e. The third-order valence-corrected chi connectivity index (χ3v) is 5.01. The smallest absolute Gasteiger partial charge is 0.233 e. The van der Waals surface area contributed by atoms with Gasteiger partial charge in [-0.05, 0) is 31.7 Å². The van der Waals surface area contributed by atoms with Crippen LogP contribution in [0, 0.1) is 5.41 Å². The molecule has 1 fully saturated rings. The van der Waals surface area contributed by atoms with Crippen molar-refractivity contribution in [3.05, 3.63) is 42.2 Å². The standard InChI is InChI=1S/C19H26N4O2/c1-2-25-13-12-19(10-6-7-11-19)17(24)21-18-22-20-15-23(18)14-16-8-4-3-5-9-16/h3-5,8-9,15H,2,6-7,10-14H2,1H3,(H,21,22,24). The Labute approximate surface area is 148 Å². The van der Waals surface area contributed by atoms with E-state index >= 15 is 0 Å². The maximum absolute atomic E-state index is 13.0. The summed E-state index contributed by atoms with van der Waals surface area (Å²) in [4.78, 5) is 13.0. The van der Waals surface area contributed by atoms with Gasteiger partial charge in [0.2, 0.25) is 11.9 Å². The van der Waals surface area contributed by atoms with Crippen LogP contribution in [0.5, 0.6) is 0 Å². The number of nitrogens with one attached hydrogen (secondary N) is 1. The van der Waals surface area contributed by atoms with Crippen LogP contribution in [0.2, 0.25) is 0 Å². The molecule has 0 atom stereocenters. The molecule has 6 nitrogen and oxygen atoms in total. The number of rotatable bonds is 8. The monoisotopic (exact) mass is 342 g/mol. The number of hydrogen-bond donors (Lipinski definition) is 1. The SMILES string of the molecule is CCOCCC1(C(=O)Nc2nncn2Cc2ccccc2)CCCC1. The first kappa shape index (κ1) is 17.6.